The Bertz CT molecular complexity index is 954. The number of carbonyl (C=O) groups excluding carboxylic acids is 1. The molecular formula is C19H18ClN3O3. The van der Waals surface area contributed by atoms with Crippen molar-refractivity contribution in [3.8, 4) is 11.5 Å². The van der Waals surface area contributed by atoms with Gasteiger partial charge in [-0.1, -0.05) is 29.8 Å². The van der Waals surface area contributed by atoms with E-state index in [1.807, 2.05) is 42.5 Å². The van der Waals surface area contributed by atoms with Crippen LogP contribution >= 0.6 is 11.6 Å². The number of ether oxygens (including phenoxy) is 2. The molecule has 0 bridgehead atoms. The number of aromatic nitrogens is 2. The Morgan fingerprint density at radius 2 is 2.04 bits per heavy atom. The molecule has 26 heavy (non-hydrogen) atoms. The van der Waals surface area contributed by atoms with E-state index in [-0.39, 0.29) is 12.7 Å². The quantitative estimate of drug-likeness (QED) is 0.722. The van der Waals surface area contributed by atoms with Crippen LogP contribution in [0.15, 0.2) is 42.5 Å². The van der Waals surface area contributed by atoms with Gasteiger partial charge in [-0.2, -0.15) is 5.10 Å². The second kappa shape index (κ2) is 7.25. The number of benzene rings is 2. The van der Waals surface area contributed by atoms with Crippen LogP contribution in [-0.4, -0.2) is 29.0 Å². The summed E-state index contributed by atoms with van der Waals surface area (Å²) >= 11 is 6.13. The van der Waals surface area contributed by atoms with Crippen LogP contribution in [0.2, 0.25) is 5.15 Å². The molecule has 1 N–H and O–H groups in total. The molecule has 0 atom stereocenters. The molecular weight excluding hydrogens is 354 g/mol. The van der Waals surface area contributed by atoms with Crippen molar-refractivity contribution in [3.05, 3.63) is 53.2 Å². The van der Waals surface area contributed by atoms with Crippen LogP contribution in [0.25, 0.3) is 10.9 Å². The molecule has 0 unspecified atom stereocenters. The predicted molar refractivity (Wildman–Crippen MR) is 98.6 cm³/mol. The van der Waals surface area contributed by atoms with Crippen LogP contribution < -0.4 is 14.8 Å². The van der Waals surface area contributed by atoms with E-state index in [0.29, 0.717) is 24.7 Å². The van der Waals surface area contributed by atoms with Crippen LogP contribution in [0.3, 0.4) is 0 Å². The zero-order valence-electron chi connectivity index (χ0n) is 14.1. The Morgan fingerprint density at radius 3 is 2.96 bits per heavy atom. The molecule has 0 aliphatic carbocycles. The summed E-state index contributed by atoms with van der Waals surface area (Å²) in [7, 11) is 0. The molecule has 1 aliphatic heterocycles. The number of amides is 1. The second-order valence-corrected chi connectivity index (χ2v) is 6.43. The first-order chi connectivity index (χ1) is 12.7. The van der Waals surface area contributed by atoms with E-state index in [1.165, 1.54) is 0 Å². The summed E-state index contributed by atoms with van der Waals surface area (Å²) in [5.41, 5.74) is 2.03. The normalized spacial score (nSPS) is 12.5. The number of hydrogen-bond donors (Lipinski definition) is 1. The molecule has 0 saturated carbocycles. The summed E-state index contributed by atoms with van der Waals surface area (Å²) in [5, 5.41) is 8.60. The molecule has 3 aromatic rings. The van der Waals surface area contributed by atoms with Gasteiger partial charge in [-0.25, -0.2) is 0 Å². The minimum absolute atomic E-state index is 0.0125. The zero-order valence-corrected chi connectivity index (χ0v) is 14.8. The SMILES string of the molecule is O=C(CCn1nc(Cl)c2ccccc21)NCCc1ccc2c(c1)OCO2. The van der Waals surface area contributed by atoms with E-state index in [9.17, 15) is 4.79 Å². The summed E-state index contributed by atoms with van der Waals surface area (Å²) in [6.45, 7) is 1.32. The van der Waals surface area contributed by atoms with Crippen molar-refractivity contribution in [2.75, 3.05) is 13.3 Å². The topological polar surface area (TPSA) is 65.4 Å². The first-order valence-corrected chi connectivity index (χ1v) is 8.85. The molecule has 6 nitrogen and oxygen atoms in total. The van der Waals surface area contributed by atoms with Crippen molar-refractivity contribution in [1.29, 1.82) is 0 Å². The molecule has 7 heteroatoms. The van der Waals surface area contributed by atoms with E-state index in [4.69, 9.17) is 21.1 Å². The largest absolute Gasteiger partial charge is 0.454 e. The molecule has 2 heterocycles. The van der Waals surface area contributed by atoms with Crippen molar-refractivity contribution < 1.29 is 14.3 Å². The molecule has 4 rings (SSSR count). The van der Waals surface area contributed by atoms with Crippen LogP contribution in [0.5, 0.6) is 11.5 Å². The highest BCUT2D eigenvalue weighted by atomic mass is 35.5. The maximum atomic E-state index is 12.1. The minimum Gasteiger partial charge on any atom is -0.454 e. The molecule has 0 spiro atoms. The van der Waals surface area contributed by atoms with Gasteiger partial charge in [0.25, 0.3) is 0 Å². The van der Waals surface area contributed by atoms with E-state index in [1.54, 1.807) is 4.68 Å². The van der Waals surface area contributed by atoms with Crippen LogP contribution in [0.4, 0.5) is 0 Å². The van der Waals surface area contributed by atoms with E-state index < -0.39 is 0 Å². The fraction of sp³-hybridized carbons (Fsp3) is 0.263. The van der Waals surface area contributed by atoms with E-state index >= 15 is 0 Å². The van der Waals surface area contributed by atoms with Crippen molar-refractivity contribution in [2.24, 2.45) is 0 Å². The maximum absolute atomic E-state index is 12.1. The Kier molecular flexibility index (Phi) is 4.67. The second-order valence-electron chi connectivity index (χ2n) is 6.07. The Labute approximate surface area is 155 Å². The molecule has 0 radical (unpaired) electrons. The van der Waals surface area contributed by atoms with Gasteiger partial charge in [-0.3, -0.25) is 9.48 Å². The Hall–Kier alpha value is -2.73. The van der Waals surface area contributed by atoms with Gasteiger partial charge in [0.2, 0.25) is 12.7 Å². The molecule has 1 amide bonds. The number of para-hydroxylation sites is 1. The lowest BCUT2D eigenvalue weighted by molar-refractivity contribution is -0.121. The number of nitrogens with zero attached hydrogens (tertiary/aromatic N) is 2. The number of carbonyl (C=O) groups is 1. The van der Waals surface area contributed by atoms with Gasteiger partial charge in [0.15, 0.2) is 16.7 Å². The Balaban J connectivity index is 1.28. The first kappa shape index (κ1) is 16.7. The summed E-state index contributed by atoms with van der Waals surface area (Å²) in [4.78, 5) is 12.1. The van der Waals surface area contributed by atoms with Gasteiger partial charge in [-0.15, -0.1) is 0 Å². The van der Waals surface area contributed by atoms with Gasteiger partial charge < -0.3 is 14.8 Å². The highest BCUT2D eigenvalue weighted by molar-refractivity contribution is 6.34. The number of rotatable bonds is 6. The van der Waals surface area contributed by atoms with Gasteiger partial charge in [0, 0.05) is 18.4 Å². The highest BCUT2D eigenvalue weighted by Gasteiger charge is 2.13. The Morgan fingerprint density at radius 1 is 1.19 bits per heavy atom. The molecule has 0 fully saturated rings. The summed E-state index contributed by atoms with van der Waals surface area (Å²) < 4.78 is 12.4. The lowest BCUT2D eigenvalue weighted by Crippen LogP contribution is -2.26. The first-order valence-electron chi connectivity index (χ1n) is 8.47. The summed E-state index contributed by atoms with van der Waals surface area (Å²) in [5.74, 6) is 1.51. The van der Waals surface area contributed by atoms with Gasteiger partial charge in [0.1, 0.15) is 0 Å². The van der Waals surface area contributed by atoms with E-state index in [2.05, 4.69) is 10.4 Å². The molecule has 0 saturated heterocycles. The van der Waals surface area contributed by atoms with Crippen LogP contribution in [0.1, 0.15) is 12.0 Å². The summed E-state index contributed by atoms with van der Waals surface area (Å²) in [6.07, 6.45) is 1.09. The van der Waals surface area contributed by atoms with Crippen molar-refractivity contribution in [2.45, 2.75) is 19.4 Å². The third kappa shape index (κ3) is 3.46. The standard InChI is InChI=1S/C19H18ClN3O3/c20-19-14-3-1-2-4-15(14)23(22-19)10-8-18(24)21-9-7-13-5-6-16-17(11-13)26-12-25-16/h1-6,11H,7-10,12H2,(H,21,24). The lowest BCUT2D eigenvalue weighted by Gasteiger charge is -2.07. The third-order valence-corrected chi connectivity index (χ3v) is 4.62. The fourth-order valence-electron chi connectivity index (χ4n) is 3.00. The van der Waals surface area contributed by atoms with Crippen LogP contribution in [0, 0.1) is 0 Å². The van der Waals surface area contributed by atoms with Gasteiger partial charge >= 0.3 is 0 Å². The van der Waals surface area contributed by atoms with Crippen molar-refractivity contribution in [1.82, 2.24) is 15.1 Å². The number of halogens is 1. The number of aryl methyl sites for hydroxylation is 1. The zero-order chi connectivity index (χ0) is 17.9. The summed E-state index contributed by atoms with van der Waals surface area (Å²) in [6, 6.07) is 13.6. The molecule has 1 aliphatic rings. The average Bonchev–Trinajstić information content (AvgIpc) is 3.24. The third-order valence-electron chi connectivity index (χ3n) is 4.34. The van der Waals surface area contributed by atoms with Gasteiger partial charge in [-0.05, 0) is 36.2 Å². The van der Waals surface area contributed by atoms with E-state index in [0.717, 1.165) is 34.4 Å². The molecule has 2 aromatic carbocycles. The number of nitrogens with one attached hydrogen (secondary N) is 1. The molecule has 1 aromatic heterocycles. The smallest absolute Gasteiger partial charge is 0.231 e. The minimum atomic E-state index is -0.0125. The lowest BCUT2D eigenvalue weighted by atomic mass is 10.1. The maximum Gasteiger partial charge on any atom is 0.231 e. The predicted octanol–water partition coefficient (Wildman–Crippen LogP) is 3.17. The van der Waals surface area contributed by atoms with Crippen molar-refractivity contribution in [3.63, 3.8) is 0 Å². The fourth-order valence-corrected chi connectivity index (χ4v) is 3.25. The highest BCUT2D eigenvalue weighted by Crippen LogP contribution is 2.32. The number of hydrogen-bond acceptors (Lipinski definition) is 4. The average molecular weight is 372 g/mol. The molecule has 134 valence electrons. The number of fused-ring (bicyclic) bond motifs is 2. The monoisotopic (exact) mass is 371 g/mol. The van der Waals surface area contributed by atoms with Crippen LogP contribution in [-0.2, 0) is 17.8 Å². The van der Waals surface area contributed by atoms with Crippen molar-refractivity contribution >= 4 is 28.4 Å². The van der Waals surface area contributed by atoms with Gasteiger partial charge in [0.05, 0.1) is 12.1 Å².